The number of hydrogen-bond acceptors (Lipinski definition) is 4. The van der Waals surface area contributed by atoms with Crippen LogP contribution >= 0.6 is 0 Å². The van der Waals surface area contributed by atoms with E-state index in [-0.39, 0.29) is 0 Å². The molecule has 0 saturated heterocycles. The molecule has 0 aromatic carbocycles. The Morgan fingerprint density at radius 1 is 0.607 bits per heavy atom. The molecule has 3 aromatic heterocycles. The average Bonchev–Trinajstić information content (AvgIpc) is 3.38. The van der Waals surface area contributed by atoms with Crippen LogP contribution in [0.3, 0.4) is 0 Å². The van der Waals surface area contributed by atoms with Crippen LogP contribution in [0.2, 0.25) is 0 Å². The lowest BCUT2D eigenvalue weighted by molar-refractivity contribution is 0.249. The van der Waals surface area contributed by atoms with Gasteiger partial charge < -0.3 is 18.6 Å². The van der Waals surface area contributed by atoms with Crippen LogP contribution in [-0.4, -0.2) is 53.2 Å². The number of aryl methyl sites for hydroxylation is 6. The summed E-state index contributed by atoms with van der Waals surface area (Å²) in [4.78, 5) is 15.6. The molecular formula is C21H33N7. The van der Waals surface area contributed by atoms with E-state index in [1.807, 2.05) is 18.6 Å². The molecule has 0 fully saturated rings. The Morgan fingerprint density at radius 3 is 1.18 bits per heavy atom. The summed E-state index contributed by atoms with van der Waals surface area (Å²) in [5, 5.41) is 0. The molecule has 0 aliphatic rings. The first-order valence-electron chi connectivity index (χ1n) is 10.3. The van der Waals surface area contributed by atoms with Gasteiger partial charge in [-0.25, -0.2) is 15.0 Å². The summed E-state index contributed by atoms with van der Waals surface area (Å²) in [6, 6.07) is 0. The molecule has 0 saturated carbocycles. The summed E-state index contributed by atoms with van der Waals surface area (Å²) >= 11 is 0. The Labute approximate surface area is 168 Å². The molecule has 0 unspecified atom stereocenters. The second-order valence-electron chi connectivity index (χ2n) is 7.41. The first kappa shape index (κ1) is 20.3. The molecule has 3 rings (SSSR count). The highest BCUT2D eigenvalue weighted by Crippen LogP contribution is 2.05. The first-order valence-corrected chi connectivity index (χ1v) is 10.3. The number of rotatable bonds is 12. The fourth-order valence-corrected chi connectivity index (χ4v) is 3.65. The van der Waals surface area contributed by atoms with Crippen molar-refractivity contribution in [1.82, 2.24) is 33.6 Å². The number of aromatic nitrogens is 6. The highest BCUT2D eigenvalue weighted by atomic mass is 15.1. The van der Waals surface area contributed by atoms with Gasteiger partial charge in [0.2, 0.25) is 0 Å². The Morgan fingerprint density at radius 2 is 0.929 bits per heavy atom. The van der Waals surface area contributed by atoms with Crippen molar-refractivity contribution >= 4 is 0 Å². The molecule has 0 bridgehead atoms. The zero-order valence-electron chi connectivity index (χ0n) is 17.5. The monoisotopic (exact) mass is 383 g/mol. The van der Waals surface area contributed by atoms with E-state index >= 15 is 0 Å². The van der Waals surface area contributed by atoms with Crippen LogP contribution in [0.1, 0.15) is 36.7 Å². The molecular weight excluding hydrogens is 350 g/mol. The highest BCUT2D eigenvalue weighted by molar-refractivity contribution is 4.90. The van der Waals surface area contributed by atoms with Crippen molar-refractivity contribution in [2.75, 3.05) is 19.6 Å². The first-order chi connectivity index (χ1) is 13.6. The topological polar surface area (TPSA) is 56.7 Å². The minimum Gasteiger partial charge on any atom is -0.335 e. The van der Waals surface area contributed by atoms with Crippen LogP contribution in [0.15, 0.2) is 37.2 Å². The predicted octanol–water partition coefficient (Wildman–Crippen LogP) is 3.07. The van der Waals surface area contributed by atoms with Crippen LogP contribution in [0.5, 0.6) is 0 Å². The maximum atomic E-state index is 4.32. The van der Waals surface area contributed by atoms with Crippen molar-refractivity contribution in [3.8, 4) is 0 Å². The molecule has 3 heterocycles. The van der Waals surface area contributed by atoms with Gasteiger partial charge in [0, 0.05) is 56.8 Å². The molecule has 0 atom stereocenters. The Balaban J connectivity index is 1.46. The molecule has 28 heavy (non-hydrogen) atoms. The third kappa shape index (κ3) is 5.79. The number of imidazole rings is 3. The summed E-state index contributed by atoms with van der Waals surface area (Å²) in [5.41, 5.74) is 0. The van der Waals surface area contributed by atoms with E-state index in [4.69, 9.17) is 0 Å². The van der Waals surface area contributed by atoms with Crippen LogP contribution < -0.4 is 0 Å². The second-order valence-corrected chi connectivity index (χ2v) is 7.41. The minimum absolute atomic E-state index is 1.03. The van der Waals surface area contributed by atoms with Crippen molar-refractivity contribution in [3.05, 3.63) is 54.7 Å². The standard InChI is InChI=1S/C21H33N7/c1-19-22-7-16-26(19)13-4-10-25(11-5-14-27-17-8-23-20(27)2)12-6-15-28-18-9-24-21(28)3/h7-9,16-18H,4-6,10-15H2,1-3H3. The van der Waals surface area contributed by atoms with E-state index in [0.29, 0.717) is 0 Å². The van der Waals surface area contributed by atoms with Crippen LogP contribution in [0.25, 0.3) is 0 Å². The van der Waals surface area contributed by atoms with E-state index in [0.717, 1.165) is 76.0 Å². The fourth-order valence-electron chi connectivity index (χ4n) is 3.65. The number of nitrogens with zero attached hydrogens (tertiary/aromatic N) is 7. The van der Waals surface area contributed by atoms with Crippen molar-refractivity contribution in [3.63, 3.8) is 0 Å². The van der Waals surface area contributed by atoms with Gasteiger partial charge in [0.1, 0.15) is 17.5 Å². The summed E-state index contributed by atoms with van der Waals surface area (Å²) in [6.07, 6.45) is 15.3. The van der Waals surface area contributed by atoms with Crippen molar-refractivity contribution in [1.29, 1.82) is 0 Å². The zero-order valence-corrected chi connectivity index (χ0v) is 17.5. The molecule has 0 N–H and O–H groups in total. The van der Waals surface area contributed by atoms with E-state index in [9.17, 15) is 0 Å². The largest absolute Gasteiger partial charge is 0.335 e. The third-order valence-electron chi connectivity index (χ3n) is 5.39. The Hall–Kier alpha value is -2.41. The molecule has 152 valence electrons. The molecule has 0 spiro atoms. The van der Waals surface area contributed by atoms with Crippen molar-refractivity contribution in [2.45, 2.75) is 59.7 Å². The zero-order chi connectivity index (χ0) is 19.8. The molecule has 0 amide bonds. The van der Waals surface area contributed by atoms with Gasteiger partial charge in [0.05, 0.1) is 0 Å². The van der Waals surface area contributed by atoms with E-state index in [1.54, 1.807) is 0 Å². The molecule has 7 nitrogen and oxygen atoms in total. The van der Waals surface area contributed by atoms with Gasteiger partial charge >= 0.3 is 0 Å². The van der Waals surface area contributed by atoms with Gasteiger partial charge in [0.15, 0.2) is 0 Å². The second kappa shape index (κ2) is 10.2. The molecule has 7 heteroatoms. The highest BCUT2D eigenvalue weighted by Gasteiger charge is 2.07. The quantitative estimate of drug-likeness (QED) is 0.482. The lowest BCUT2D eigenvalue weighted by atomic mass is 10.3. The minimum atomic E-state index is 1.03. The summed E-state index contributed by atoms with van der Waals surface area (Å²) in [7, 11) is 0. The normalized spacial score (nSPS) is 11.6. The lowest BCUT2D eigenvalue weighted by Crippen LogP contribution is -2.29. The third-order valence-corrected chi connectivity index (χ3v) is 5.39. The smallest absolute Gasteiger partial charge is 0.105 e. The van der Waals surface area contributed by atoms with Crippen LogP contribution in [0, 0.1) is 20.8 Å². The summed E-state index contributed by atoms with van der Waals surface area (Å²) < 4.78 is 6.71. The van der Waals surface area contributed by atoms with Gasteiger partial charge in [0.25, 0.3) is 0 Å². The predicted molar refractivity (Wildman–Crippen MR) is 111 cm³/mol. The van der Waals surface area contributed by atoms with Crippen LogP contribution in [-0.2, 0) is 19.6 Å². The molecule has 3 aromatic rings. The van der Waals surface area contributed by atoms with Crippen molar-refractivity contribution in [2.24, 2.45) is 0 Å². The SMILES string of the molecule is Cc1nccn1CCCN(CCCn1ccnc1C)CCCn1ccnc1C. The van der Waals surface area contributed by atoms with E-state index in [1.165, 1.54) is 0 Å². The van der Waals surface area contributed by atoms with Crippen molar-refractivity contribution < 1.29 is 0 Å². The van der Waals surface area contributed by atoms with Gasteiger partial charge in [-0.05, 0) is 59.7 Å². The van der Waals surface area contributed by atoms with Crippen LogP contribution in [0.4, 0.5) is 0 Å². The Bertz CT molecular complexity index is 719. The molecule has 0 aliphatic carbocycles. The lowest BCUT2D eigenvalue weighted by Gasteiger charge is -2.23. The maximum Gasteiger partial charge on any atom is 0.105 e. The fraction of sp³-hybridized carbons (Fsp3) is 0.571. The molecule has 0 radical (unpaired) electrons. The number of hydrogen-bond donors (Lipinski definition) is 0. The summed E-state index contributed by atoms with van der Waals surface area (Å²) in [6.45, 7) is 12.6. The maximum absolute atomic E-state index is 4.32. The van der Waals surface area contributed by atoms with Gasteiger partial charge in [-0.1, -0.05) is 0 Å². The molecule has 0 aliphatic heterocycles. The Kier molecular flexibility index (Phi) is 7.42. The van der Waals surface area contributed by atoms with Gasteiger partial charge in [-0.3, -0.25) is 0 Å². The summed E-state index contributed by atoms with van der Waals surface area (Å²) in [5.74, 6) is 3.29. The van der Waals surface area contributed by atoms with E-state index < -0.39 is 0 Å². The van der Waals surface area contributed by atoms with Gasteiger partial charge in [-0.2, -0.15) is 0 Å². The van der Waals surface area contributed by atoms with Gasteiger partial charge in [-0.15, -0.1) is 0 Å². The van der Waals surface area contributed by atoms with E-state index in [2.05, 4.69) is 72.9 Å². The average molecular weight is 384 g/mol.